The summed E-state index contributed by atoms with van der Waals surface area (Å²) in [6.07, 6.45) is 6.90. The van der Waals surface area contributed by atoms with E-state index in [9.17, 15) is 4.79 Å². The van der Waals surface area contributed by atoms with Gasteiger partial charge in [0, 0.05) is 0 Å². The van der Waals surface area contributed by atoms with Gasteiger partial charge in [0.15, 0.2) is 5.78 Å². The summed E-state index contributed by atoms with van der Waals surface area (Å²) in [5, 5.41) is 0. The molecule has 0 spiro atoms. The van der Waals surface area contributed by atoms with Crippen molar-refractivity contribution >= 4 is 11.5 Å². The highest BCUT2D eigenvalue weighted by Crippen LogP contribution is 2.07. The van der Waals surface area contributed by atoms with Crippen LogP contribution < -0.4 is 4.99 Å². The van der Waals surface area contributed by atoms with E-state index in [1.54, 1.807) is 18.2 Å². The lowest BCUT2D eigenvalue weighted by Crippen LogP contribution is -2.17. The van der Waals surface area contributed by atoms with Gasteiger partial charge in [0.1, 0.15) is 0 Å². The minimum absolute atomic E-state index is 0.128. The van der Waals surface area contributed by atoms with Crippen molar-refractivity contribution in [3.05, 3.63) is 37.1 Å². The van der Waals surface area contributed by atoms with Crippen LogP contribution in [-0.4, -0.2) is 11.5 Å². The van der Waals surface area contributed by atoms with E-state index in [0.717, 1.165) is 11.4 Å². The number of hydrogen-bond acceptors (Lipinski definition) is 2. The van der Waals surface area contributed by atoms with Gasteiger partial charge in [-0.1, -0.05) is 12.2 Å². The molecule has 0 saturated carbocycles. The van der Waals surface area contributed by atoms with E-state index in [4.69, 9.17) is 0 Å². The molecule has 0 saturated heterocycles. The molecule has 0 fully saturated rings. The van der Waals surface area contributed by atoms with Crippen LogP contribution in [0.25, 0.3) is 0 Å². The molecule has 67 valence electrons. The number of carbonyl (C=O) groups excluding carboxylic acids is 1. The van der Waals surface area contributed by atoms with Crippen molar-refractivity contribution in [3.63, 3.8) is 0 Å². The maximum absolute atomic E-state index is 11.2. The summed E-state index contributed by atoms with van der Waals surface area (Å²) in [4.78, 5) is 15.5. The first-order valence-electron chi connectivity index (χ1n) is 4.28. The topological polar surface area (TPSA) is 31.2 Å². The third-order valence-corrected chi connectivity index (χ3v) is 1.74. The highest BCUT2D eigenvalue weighted by atomic mass is 16.1. The average Bonchev–Trinajstić information content (AvgIpc) is 2.04. The van der Waals surface area contributed by atoms with Crippen molar-refractivity contribution in [1.29, 1.82) is 0 Å². The van der Waals surface area contributed by atoms with Crippen molar-refractivity contribution in [2.45, 2.75) is 19.3 Å². The van der Waals surface area contributed by atoms with Gasteiger partial charge in [-0.25, -0.2) is 0 Å². The van der Waals surface area contributed by atoms with E-state index in [2.05, 4.69) is 18.2 Å². The van der Waals surface area contributed by atoms with Crippen LogP contribution in [0.5, 0.6) is 0 Å². The lowest BCUT2D eigenvalue weighted by Gasteiger charge is -1.96. The molecule has 2 nitrogen and oxygen atoms in total. The number of hydrogen-bond donors (Lipinski definition) is 0. The van der Waals surface area contributed by atoms with Crippen molar-refractivity contribution in [2.75, 3.05) is 0 Å². The zero-order chi connectivity index (χ0) is 9.68. The molecule has 0 aromatic carbocycles. The van der Waals surface area contributed by atoms with Gasteiger partial charge < -0.3 is 0 Å². The van der Waals surface area contributed by atoms with Crippen LogP contribution in [0.2, 0.25) is 0 Å². The predicted octanol–water partition coefficient (Wildman–Crippen LogP) is 1.77. The van der Waals surface area contributed by atoms with Crippen molar-refractivity contribution < 1.29 is 4.79 Å². The molecule has 0 unspecified atom stereocenters. The number of rotatable bonds is 4. The molecule has 1 radical (unpaired) electrons. The molecule has 0 bridgehead atoms. The van der Waals surface area contributed by atoms with Crippen LogP contribution in [0.1, 0.15) is 19.3 Å². The molecule has 0 atom stereocenters. The minimum atomic E-state index is 0.128. The van der Waals surface area contributed by atoms with E-state index in [0.29, 0.717) is 19.3 Å². The Bertz CT molecular complexity index is 297. The Morgan fingerprint density at radius 3 is 2.69 bits per heavy atom. The Labute approximate surface area is 78.4 Å². The van der Waals surface area contributed by atoms with Crippen molar-refractivity contribution in [3.8, 4) is 0 Å². The summed E-state index contributed by atoms with van der Waals surface area (Å²) in [6.45, 7) is 7.23. The lowest BCUT2D eigenvalue weighted by atomic mass is 10.1. The van der Waals surface area contributed by atoms with Gasteiger partial charge in [-0.3, -0.25) is 4.79 Å². The molecule has 0 amide bonds. The number of ketones is 1. The first-order chi connectivity index (χ1) is 6.26. The molecule has 1 heterocycles. The normalized spacial score (nSPS) is 16.2. The molecule has 13 heavy (non-hydrogen) atoms. The zero-order valence-electron chi connectivity index (χ0n) is 7.62. The highest BCUT2D eigenvalue weighted by Gasteiger charge is 2.23. The summed E-state index contributed by atoms with van der Waals surface area (Å²) < 4.78 is 0. The zero-order valence-corrected chi connectivity index (χ0v) is 7.62. The van der Waals surface area contributed by atoms with Crippen LogP contribution >= 0.6 is 0 Å². The van der Waals surface area contributed by atoms with Gasteiger partial charge in [-0.05, 0) is 0 Å². The number of carbonyl (C=O) groups is 1. The third-order valence-electron chi connectivity index (χ3n) is 1.74. The fraction of sp³-hybridized carbons (Fsp3) is 0.273. The molecule has 0 aromatic rings. The number of allylic oxidation sites excluding steroid dienone is 3. The molecular weight excluding hydrogens is 162 g/mol. The number of aliphatic imine (C=N–C) groups is 1. The fourth-order valence-corrected chi connectivity index (χ4v) is 1.25. The summed E-state index contributed by atoms with van der Waals surface area (Å²) in [6, 6.07) is 0. The van der Waals surface area contributed by atoms with E-state index in [1.807, 2.05) is 0 Å². The lowest BCUT2D eigenvalue weighted by molar-refractivity contribution is -0.113. The largest absolute Gasteiger partial charge is 0.294 e. The molecule has 0 aliphatic carbocycles. The maximum atomic E-state index is 11.2. The van der Waals surface area contributed by atoms with Gasteiger partial charge in [-0.15, -0.1) is 13.2 Å². The predicted molar refractivity (Wildman–Crippen MR) is 54.5 cm³/mol. The smallest absolute Gasteiger partial charge is 0.261 e. The van der Waals surface area contributed by atoms with Crippen LogP contribution in [0.3, 0.4) is 0 Å². The van der Waals surface area contributed by atoms with Gasteiger partial charge in [-0.2, -0.15) is 0 Å². The van der Waals surface area contributed by atoms with Crippen molar-refractivity contribution in [1.82, 2.24) is 4.99 Å². The van der Waals surface area contributed by atoms with E-state index in [-0.39, 0.29) is 5.78 Å². The van der Waals surface area contributed by atoms with Crippen LogP contribution in [0.4, 0.5) is 0 Å². The Morgan fingerprint density at radius 1 is 1.38 bits per heavy atom. The third kappa shape index (κ3) is 2.82. The monoisotopic (exact) mass is 175 g/mol. The summed E-state index contributed by atoms with van der Waals surface area (Å²) >= 11 is 0. The molecule has 1 aliphatic rings. The molecular formula is C11H13NO+. The second-order valence-electron chi connectivity index (χ2n) is 2.94. The standard InChI is InChI=1S/C11H13NO/c1-3-5-9-7-11(13)8-10(12-9)6-4-2/h3-4,7H,1-2,5-6,8H2/q+1. The van der Waals surface area contributed by atoms with E-state index >= 15 is 0 Å². The molecule has 1 rings (SSSR count). The summed E-state index contributed by atoms with van der Waals surface area (Å²) in [7, 11) is 0. The summed E-state index contributed by atoms with van der Waals surface area (Å²) in [5.41, 5.74) is 1.71. The van der Waals surface area contributed by atoms with E-state index < -0.39 is 0 Å². The molecule has 0 N–H and O–H groups in total. The second kappa shape index (κ2) is 4.55. The number of nitrogens with zero attached hydrogens (tertiary/aromatic N) is 1. The minimum Gasteiger partial charge on any atom is -0.294 e. The highest BCUT2D eigenvalue weighted by molar-refractivity contribution is 6.09. The van der Waals surface area contributed by atoms with E-state index in [1.165, 1.54) is 0 Å². The summed E-state index contributed by atoms with van der Waals surface area (Å²) in [5.74, 6) is 0.128. The van der Waals surface area contributed by atoms with Gasteiger partial charge in [0.25, 0.3) is 5.70 Å². The van der Waals surface area contributed by atoms with Crippen LogP contribution in [0, 0.1) is 0 Å². The SMILES string of the molecule is C=CCC1=CC(=O)CC(CC=C)=[N+]1. The molecule has 1 aliphatic heterocycles. The average molecular weight is 175 g/mol. The molecule has 0 aromatic heterocycles. The molecule has 2 heteroatoms. The Kier molecular flexibility index (Phi) is 3.38. The van der Waals surface area contributed by atoms with Gasteiger partial charge in [0.05, 0.1) is 30.3 Å². The first-order valence-corrected chi connectivity index (χ1v) is 4.28. The second-order valence-corrected chi connectivity index (χ2v) is 2.94. The van der Waals surface area contributed by atoms with Gasteiger partial charge >= 0.3 is 0 Å². The Balaban J connectivity index is 2.77. The fourth-order valence-electron chi connectivity index (χ4n) is 1.25. The Hall–Kier alpha value is -1.44. The van der Waals surface area contributed by atoms with Crippen LogP contribution in [-0.2, 0) is 4.79 Å². The maximum Gasteiger partial charge on any atom is 0.261 e. The van der Waals surface area contributed by atoms with Crippen molar-refractivity contribution in [2.24, 2.45) is 0 Å². The van der Waals surface area contributed by atoms with Gasteiger partial charge in [0.2, 0.25) is 5.71 Å². The Morgan fingerprint density at radius 2 is 2.08 bits per heavy atom. The first kappa shape index (κ1) is 9.65. The quantitative estimate of drug-likeness (QED) is 0.599. The van der Waals surface area contributed by atoms with Crippen LogP contribution in [0.15, 0.2) is 37.1 Å².